The summed E-state index contributed by atoms with van der Waals surface area (Å²) >= 11 is 0. The summed E-state index contributed by atoms with van der Waals surface area (Å²) in [5.41, 5.74) is 8.80. The largest absolute Gasteiger partial charge is 0.352 e. The van der Waals surface area contributed by atoms with E-state index < -0.39 is 6.03 Å². The number of primary amides is 1. The van der Waals surface area contributed by atoms with E-state index in [-0.39, 0.29) is 0 Å². The van der Waals surface area contributed by atoms with E-state index in [1.54, 1.807) is 0 Å². The van der Waals surface area contributed by atoms with Crippen LogP contribution < -0.4 is 11.1 Å². The van der Waals surface area contributed by atoms with Gasteiger partial charge in [0, 0.05) is 6.54 Å². The molecule has 1 rings (SSSR count). The van der Waals surface area contributed by atoms with Crippen LogP contribution >= 0.6 is 0 Å². The van der Waals surface area contributed by atoms with E-state index in [0.717, 1.165) is 6.42 Å². The topological polar surface area (TPSA) is 55.1 Å². The average Bonchev–Trinajstić information content (AvgIpc) is 2.09. The summed E-state index contributed by atoms with van der Waals surface area (Å²) in [6, 6.07) is 5.73. The van der Waals surface area contributed by atoms with Crippen LogP contribution in [0.2, 0.25) is 0 Å². The van der Waals surface area contributed by atoms with Gasteiger partial charge in [0.15, 0.2) is 0 Å². The highest BCUT2D eigenvalue weighted by molar-refractivity contribution is 5.71. The normalized spacial score (nSPS) is 9.86. The minimum atomic E-state index is -0.462. The summed E-state index contributed by atoms with van der Waals surface area (Å²) in [6.07, 6.45) is 0.835. The number of benzene rings is 1. The molecule has 0 radical (unpaired) electrons. The summed E-state index contributed by atoms with van der Waals surface area (Å²) in [4.78, 5) is 10.5. The Morgan fingerprint density at radius 3 is 2.43 bits per heavy atom. The molecule has 0 saturated carbocycles. The molecule has 0 spiro atoms. The number of hydrogen-bond acceptors (Lipinski definition) is 1. The first-order chi connectivity index (χ1) is 6.61. The number of urea groups is 1. The van der Waals surface area contributed by atoms with Gasteiger partial charge in [-0.1, -0.05) is 18.2 Å². The van der Waals surface area contributed by atoms with Crippen molar-refractivity contribution in [3.05, 3.63) is 34.9 Å². The Morgan fingerprint density at radius 2 is 1.93 bits per heavy atom. The van der Waals surface area contributed by atoms with Gasteiger partial charge in [0.1, 0.15) is 0 Å². The van der Waals surface area contributed by atoms with Crippen LogP contribution in [0.3, 0.4) is 0 Å². The highest BCUT2D eigenvalue weighted by Crippen LogP contribution is 2.13. The molecule has 1 aromatic carbocycles. The maximum Gasteiger partial charge on any atom is 0.312 e. The van der Waals surface area contributed by atoms with Gasteiger partial charge in [-0.2, -0.15) is 0 Å². The molecule has 3 N–H and O–H groups in total. The van der Waals surface area contributed by atoms with E-state index in [0.29, 0.717) is 6.54 Å². The molecule has 0 aliphatic heterocycles. The lowest BCUT2D eigenvalue weighted by atomic mass is 10.0. The molecule has 76 valence electrons. The molecule has 0 atom stereocenters. The van der Waals surface area contributed by atoms with Crippen molar-refractivity contribution in [2.75, 3.05) is 6.54 Å². The zero-order valence-electron chi connectivity index (χ0n) is 8.63. The van der Waals surface area contributed by atoms with Crippen LogP contribution in [-0.4, -0.2) is 12.6 Å². The molecule has 3 heteroatoms. The maximum absolute atomic E-state index is 10.5. The Kier molecular flexibility index (Phi) is 3.51. The van der Waals surface area contributed by atoms with Crippen LogP contribution in [0.4, 0.5) is 4.79 Å². The molecular formula is C11H16N2O. The second-order valence-corrected chi connectivity index (χ2v) is 3.41. The zero-order valence-corrected chi connectivity index (χ0v) is 8.63. The minimum Gasteiger partial charge on any atom is -0.352 e. The molecule has 0 bridgehead atoms. The molecule has 3 nitrogen and oxygen atoms in total. The van der Waals surface area contributed by atoms with Crippen LogP contribution in [0.15, 0.2) is 18.2 Å². The van der Waals surface area contributed by atoms with Crippen LogP contribution in [-0.2, 0) is 6.42 Å². The lowest BCUT2D eigenvalue weighted by Gasteiger charge is -2.09. The molecular weight excluding hydrogens is 176 g/mol. The van der Waals surface area contributed by atoms with Gasteiger partial charge in [-0.3, -0.25) is 0 Å². The molecule has 0 heterocycles. The third-order valence-corrected chi connectivity index (χ3v) is 2.32. The van der Waals surface area contributed by atoms with E-state index in [9.17, 15) is 4.79 Å². The van der Waals surface area contributed by atoms with Gasteiger partial charge in [-0.05, 0) is 37.0 Å². The van der Waals surface area contributed by atoms with E-state index >= 15 is 0 Å². The summed E-state index contributed by atoms with van der Waals surface area (Å²) in [5.74, 6) is 0. The Bertz CT molecular complexity index is 314. The molecule has 14 heavy (non-hydrogen) atoms. The third kappa shape index (κ3) is 2.76. The Morgan fingerprint density at radius 1 is 1.36 bits per heavy atom. The first kappa shape index (κ1) is 10.6. The van der Waals surface area contributed by atoms with E-state index in [1.165, 1.54) is 16.7 Å². The predicted octanol–water partition coefficient (Wildman–Crippen LogP) is 1.51. The fraction of sp³-hybridized carbons (Fsp3) is 0.364. The van der Waals surface area contributed by atoms with E-state index in [2.05, 4.69) is 31.3 Å². The van der Waals surface area contributed by atoms with Crippen molar-refractivity contribution in [2.45, 2.75) is 20.3 Å². The van der Waals surface area contributed by atoms with Crippen molar-refractivity contribution in [3.63, 3.8) is 0 Å². The number of amides is 2. The Hall–Kier alpha value is -1.51. The minimum absolute atomic E-state index is 0.462. The molecule has 0 unspecified atom stereocenters. The fourth-order valence-corrected chi connectivity index (χ4v) is 1.55. The average molecular weight is 192 g/mol. The SMILES string of the molecule is Cc1cccc(C)c1CCNC(N)=O. The Labute approximate surface area is 84.3 Å². The highest BCUT2D eigenvalue weighted by Gasteiger charge is 2.01. The van der Waals surface area contributed by atoms with E-state index in [4.69, 9.17) is 5.73 Å². The second-order valence-electron chi connectivity index (χ2n) is 3.41. The van der Waals surface area contributed by atoms with Crippen molar-refractivity contribution < 1.29 is 4.79 Å². The summed E-state index contributed by atoms with van der Waals surface area (Å²) in [7, 11) is 0. The van der Waals surface area contributed by atoms with Crippen molar-refractivity contribution in [1.29, 1.82) is 0 Å². The summed E-state index contributed by atoms with van der Waals surface area (Å²) in [6.45, 7) is 4.75. The van der Waals surface area contributed by atoms with Crippen LogP contribution in [0, 0.1) is 13.8 Å². The predicted molar refractivity (Wildman–Crippen MR) is 57.2 cm³/mol. The Balaban J connectivity index is 2.62. The van der Waals surface area contributed by atoms with Crippen molar-refractivity contribution in [1.82, 2.24) is 5.32 Å². The molecule has 1 aromatic rings. The molecule has 0 aliphatic rings. The van der Waals surface area contributed by atoms with Crippen molar-refractivity contribution >= 4 is 6.03 Å². The van der Waals surface area contributed by atoms with Crippen LogP contribution in [0.1, 0.15) is 16.7 Å². The van der Waals surface area contributed by atoms with Gasteiger partial charge in [-0.25, -0.2) is 4.79 Å². The standard InChI is InChI=1S/C11H16N2O/c1-8-4-3-5-9(2)10(8)6-7-13-11(12)14/h3-5H,6-7H2,1-2H3,(H3,12,13,14). The first-order valence-corrected chi connectivity index (χ1v) is 4.69. The van der Waals surface area contributed by atoms with Gasteiger partial charge in [0.25, 0.3) is 0 Å². The van der Waals surface area contributed by atoms with Crippen molar-refractivity contribution in [2.24, 2.45) is 5.73 Å². The third-order valence-electron chi connectivity index (χ3n) is 2.32. The summed E-state index contributed by atoms with van der Waals surface area (Å²) in [5, 5.41) is 2.59. The first-order valence-electron chi connectivity index (χ1n) is 4.69. The van der Waals surface area contributed by atoms with Gasteiger partial charge in [0.05, 0.1) is 0 Å². The quantitative estimate of drug-likeness (QED) is 0.749. The van der Waals surface area contributed by atoms with Gasteiger partial charge >= 0.3 is 6.03 Å². The number of nitrogens with one attached hydrogen (secondary N) is 1. The summed E-state index contributed by atoms with van der Waals surface area (Å²) < 4.78 is 0. The lowest BCUT2D eigenvalue weighted by molar-refractivity contribution is 0.249. The van der Waals surface area contributed by atoms with Gasteiger partial charge in [-0.15, -0.1) is 0 Å². The lowest BCUT2D eigenvalue weighted by Crippen LogP contribution is -2.31. The number of carbonyl (C=O) groups excluding carboxylic acids is 1. The molecule has 0 fully saturated rings. The van der Waals surface area contributed by atoms with E-state index in [1.807, 2.05) is 6.07 Å². The molecule has 2 amide bonds. The number of aryl methyl sites for hydroxylation is 2. The molecule has 0 aromatic heterocycles. The number of carbonyl (C=O) groups is 1. The highest BCUT2D eigenvalue weighted by atomic mass is 16.2. The number of rotatable bonds is 3. The zero-order chi connectivity index (χ0) is 10.6. The molecule has 0 aliphatic carbocycles. The smallest absolute Gasteiger partial charge is 0.312 e. The van der Waals surface area contributed by atoms with Crippen molar-refractivity contribution in [3.8, 4) is 0 Å². The fourth-order valence-electron chi connectivity index (χ4n) is 1.55. The van der Waals surface area contributed by atoms with Crippen LogP contribution in [0.25, 0.3) is 0 Å². The number of hydrogen-bond donors (Lipinski definition) is 2. The van der Waals surface area contributed by atoms with Gasteiger partial charge in [0.2, 0.25) is 0 Å². The second kappa shape index (κ2) is 4.65. The van der Waals surface area contributed by atoms with Crippen LogP contribution in [0.5, 0.6) is 0 Å². The van der Waals surface area contributed by atoms with Gasteiger partial charge < -0.3 is 11.1 Å². The molecule has 0 saturated heterocycles. The maximum atomic E-state index is 10.5. The number of nitrogens with two attached hydrogens (primary N) is 1. The monoisotopic (exact) mass is 192 g/mol.